The molecular weight excluding hydrogens is 943 g/mol. The van der Waals surface area contributed by atoms with Crippen molar-refractivity contribution in [2.75, 3.05) is 0 Å². The van der Waals surface area contributed by atoms with E-state index < -0.39 is 34.2 Å². The second-order valence-electron chi connectivity index (χ2n) is 19.2. The Morgan fingerprint density at radius 3 is 1.42 bits per heavy atom. The first-order valence-electron chi connectivity index (χ1n) is 24.1. The van der Waals surface area contributed by atoms with Gasteiger partial charge in [-0.2, -0.15) is 0 Å². The summed E-state index contributed by atoms with van der Waals surface area (Å²) in [4.78, 5) is 0. The van der Waals surface area contributed by atoms with Gasteiger partial charge in [0, 0.05) is 0 Å². The number of allylic oxidation sites excluding steroid dienone is 4. The minimum absolute atomic E-state index is 0.281. The van der Waals surface area contributed by atoms with Crippen LogP contribution < -0.4 is 13.7 Å². The van der Waals surface area contributed by atoms with Crippen molar-refractivity contribution in [3.63, 3.8) is 0 Å². The zero-order valence-electron chi connectivity index (χ0n) is 39.0. The number of fused-ring (bicyclic) bond motifs is 3. The van der Waals surface area contributed by atoms with Crippen molar-refractivity contribution in [1.29, 1.82) is 0 Å². The van der Waals surface area contributed by atoms with Crippen molar-refractivity contribution >= 4 is 33.1 Å². The molecule has 0 nitrogen and oxygen atoms in total. The van der Waals surface area contributed by atoms with Crippen LogP contribution in [0.2, 0.25) is 39.9 Å². The van der Waals surface area contributed by atoms with Crippen LogP contribution in [0.3, 0.4) is 0 Å². The number of rotatable bonds is 16. The summed E-state index contributed by atoms with van der Waals surface area (Å²) in [6.45, 7) is 19.4. The van der Waals surface area contributed by atoms with Gasteiger partial charge >= 0.3 is 381 Å². The molecular formula is C59H70HfSi2. The van der Waals surface area contributed by atoms with Gasteiger partial charge in [0.05, 0.1) is 0 Å². The second-order valence-corrected chi connectivity index (χ2v) is 51.1. The Morgan fingerprint density at radius 1 is 0.516 bits per heavy atom. The maximum atomic E-state index is 2.65. The normalized spacial score (nSPS) is 14.0. The summed E-state index contributed by atoms with van der Waals surface area (Å²) in [6, 6.07) is 64.3. The molecule has 0 saturated heterocycles. The molecule has 3 heteroatoms. The number of benzene rings is 6. The van der Waals surface area contributed by atoms with Crippen LogP contribution in [0.5, 0.6) is 0 Å². The topological polar surface area (TPSA) is 0 Å². The van der Waals surface area contributed by atoms with Crippen LogP contribution in [0.15, 0.2) is 164 Å². The molecule has 0 fully saturated rings. The van der Waals surface area contributed by atoms with Crippen molar-refractivity contribution in [3.05, 3.63) is 208 Å². The fourth-order valence-corrected chi connectivity index (χ4v) is 54.5. The Kier molecular flexibility index (Phi) is 13.1. The third-order valence-corrected chi connectivity index (χ3v) is 57.4. The van der Waals surface area contributed by atoms with Gasteiger partial charge in [-0.05, 0) is 0 Å². The fourth-order valence-electron chi connectivity index (χ4n) is 13.1. The Labute approximate surface area is 377 Å². The van der Waals surface area contributed by atoms with Gasteiger partial charge in [0.2, 0.25) is 0 Å². The molecule has 6 aromatic rings. The van der Waals surface area contributed by atoms with Gasteiger partial charge in [-0.25, -0.2) is 0 Å². The van der Waals surface area contributed by atoms with E-state index in [2.05, 4.69) is 219 Å². The molecule has 0 heterocycles. The molecule has 0 aromatic heterocycles. The summed E-state index contributed by atoms with van der Waals surface area (Å²) < 4.78 is 5.80. The van der Waals surface area contributed by atoms with Gasteiger partial charge in [0.15, 0.2) is 0 Å². The van der Waals surface area contributed by atoms with E-state index in [1.165, 1.54) is 86.3 Å². The molecule has 0 bridgehead atoms. The van der Waals surface area contributed by atoms with E-state index in [1.54, 1.807) is 22.5 Å². The molecule has 62 heavy (non-hydrogen) atoms. The van der Waals surface area contributed by atoms with E-state index in [0.29, 0.717) is 0 Å². The monoisotopic (exact) mass is 1010 g/mol. The molecule has 8 rings (SSSR count). The van der Waals surface area contributed by atoms with Crippen LogP contribution in [0.4, 0.5) is 0 Å². The molecule has 0 spiro atoms. The number of aryl methyl sites for hydroxylation is 2. The van der Waals surface area contributed by atoms with Crippen molar-refractivity contribution < 1.29 is 18.0 Å². The van der Waals surface area contributed by atoms with Crippen LogP contribution in [0.25, 0.3) is 11.1 Å². The fraction of sp³-hybridized carbons (Fsp3) is 0.305. The van der Waals surface area contributed by atoms with Gasteiger partial charge in [-0.15, -0.1) is 0 Å². The van der Waals surface area contributed by atoms with E-state index in [9.17, 15) is 0 Å². The quantitative estimate of drug-likeness (QED) is 0.0847. The maximum absolute atomic E-state index is 5.35. The summed E-state index contributed by atoms with van der Waals surface area (Å²) in [5.41, 5.74) is 14.6. The van der Waals surface area contributed by atoms with Crippen molar-refractivity contribution in [3.8, 4) is 11.1 Å². The molecule has 318 valence electrons. The molecule has 0 aliphatic heterocycles. The Morgan fingerprint density at radius 2 is 0.968 bits per heavy atom. The van der Waals surface area contributed by atoms with Gasteiger partial charge in [0.1, 0.15) is 0 Å². The van der Waals surface area contributed by atoms with Crippen LogP contribution in [-0.4, -0.2) is 19.4 Å². The van der Waals surface area contributed by atoms with Gasteiger partial charge < -0.3 is 0 Å². The molecule has 6 aromatic carbocycles. The van der Waals surface area contributed by atoms with Crippen molar-refractivity contribution in [2.45, 2.75) is 110 Å². The van der Waals surface area contributed by atoms with E-state index in [4.69, 9.17) is 0 Å². The summed E-state index contributed by atoms with van der Waals surface area (Å²) in [6.07, 6.45) is 11.1. The zero-order valence-corrected chi connectivity index (χ0v) is 44.6. The van der Waals surface area contributed by atoms with Crippen molar-refractivity contribution in [1.82, 2.24) is 0 Å². The minimum atomic E-state index is -5.35. The van der Waals surface area contributed by atoms with Crippen LogP contribution in [-0.2, 0) is 32.8 Å². The van der Waals surface area contributed by atoms with Gasteiger partial charge in [-0.3, -0.25) is 0 Å². The molecule has 0 atom stereocenters. The average Bonchev–Trinajstić information content (AvgIpc) is 3.99. The second kappa shape index (κ2) is 18.2. The SMILES string of the molecule is CC[Si](CC)(CC)c1ccc([C](c2ccc([Si](CC)(CC)CC)cc2)=[Hf]([CH2]c2ccccc2)([CH2]c2ccccc2)([c]2c(C)ccc3c2Cc2cc(C)ccc2-3)[CH]2C=CC=C2)cc1. The van der Waals surface area contributed by atoms with Gasteiger partial charge in [-0.1, -0.05) is 0 Å². The summed E-state index contributed by atoms with van der Waals surface area (Å²) in [5, 5.41) is 3.25. The predicted molar refractivity (Wildman–Crippen MR) is 276 cm³/mol. The summed E-state index contributed by atoms with van der Waals surface area (Å²) in [5.74, 6) is 0. The van der Waals surface area contributed by atoms with E-state index in [1.807, 2.05) is 0 Å². The van der Waals surface area contributed by atoms with Crippen molar-refractivity contribution in [2.24, 2.45) is 0 Å². The predicted octanol–water partition coefficient (Wildman–Crippen LogP) is 14.2. The first-order valence-corrected chi connectivity index (χ1v) is 40.0. The molecule has 0 N–H and O–H groups in total. The average molecular weight is 1010 g/mol. The van der Waals surface area contributed by atoms with E-state index >= 15 is 0 Å². The standard InChI is InChI=1S/C25H38Si2.C15H13.2C7H7.C5H5.Hf/c1-7-26(8-2,9-3)24-17-13-22(14-18-24)21-23-15-19-25(20-16-23)27(10-4,11-5)12-6;1-10-3-5-14-12(7-10)9-13-8-11(2)4-6-15(13)14;2*1-7-5-3-2-4-6-7;1-2-4-5-3-1;/h13-20H,7-12H2,1-6H3;3-7H,9H2,1-2H3;2*2-6H,1H2;1-5H;. The molecule has 0 unspecified atom stereocenters. The molecule has 2 aliphatic carbocycles. The van der Waals surface area contributed by atoms with Crippen LogP contribution in [0, 0.1) is 13.8 Å². The molecule has 0 saturated carbocycles. The molecule has 0 amide bonds. The zero-order chi connectivity index (χ0) is 43.6. The van der Waals surface area contributed by atoms with E-state index in [-0.39, 0.29) is 3.67 Å². The van der Waals surface area contributed by atoms with Gasteiger partial charge in [0.25, 0.3) is 0 Å². The number of hydrogen-bond acceptors (Lipinski definition) is 0. The van der Waals surface area contributed by atoms with Crippen LogP contribution >= 0.6 is 0 Å². The summed E-state index contributed by atoms with van der Waals surface area (Å²) in [7, 11) is -3.24. The van der Waals surface area contributed by atoms with Crippen LogP contribution in [0.1, 0.15) is 86.1 Å². The Balaban J connectivity index is 1.64. The Bertz CT molecular complexity index is 2520. The molecule has 0 radical (unpaired) electrons. The first kappa shape index (κ1) is 44.6. The molecule has 2 aliphatic rings. The first-order chi connectivity index (χ1) is 30.1. The third kappa shape index (κ3) is 7.42. The third-order valence-electron chi connectivity index (χ3n) is 16.8. The Hall–Kier alpha value is -4.03. The van der Waals surface area contributed by atoms with E-state index in [0.717, 1.165) is 14.8 Å². The summed E-state index contributed by atoms with van der Waals surface area (Å²) >= 11 is -5.35. The number of hydrogen-bond donors (Lipinski definition) is 0.